The molecule has 7 nitrogen and oxygen atoms in total. The first-order valence-electron chi connectivity index (χ1n) is 8.86. The van der Waals surface area contributed by atoms with Crippen LogP contribution in [0, 0.1) is 0 Å². The molecule has 28 heavy (non-hydrogen) atoms. The molecule has 1 atom stereocenters. The molecule has 0 saturated carbocycles. The van der Waals surface area contributed by atoms with Crippen LogP contribution in [-0.4, -0.2) is 36.7 Å². The summed E-state index contributed by atoms with van der Waals surface area (Å²) in [7, 11) is 1.61. The molecule has 1 aliphatic rings. The van der Waals surface area contributed by atoms with Crippen LogP contribution in [0.4, 0.5) is 0 Å². The van der Waals surface area contributed by atoms with Crippen molar-refractivity contribution in [2.75, 3.05) is 13.7 Å². The molecule has 0 saturated heterocycles. The predicted octanol–water partition coefficient (Wildman–Crippen LogP) is 1.88. The summed E-state index contributed by atoms with van der Waals surface area (Å²) >= 11 is 0. The number of carbonyl (C=O) groups is 2. The lowest BCUT2D eigenvalue weighted by Gasteiger charge is -2.24. The largest absolute Gasteiger partial charge is 0.497 e. The van der Waals surface area contributed by atoms with Gasteiger partial charge in [-0.15, -0.1) is 0 Å². The maximum Gasteiger partial charge on any atom is 0.281 e. The first-order chi connectivity index (χ1) is 13.6. The molecule has 0 aliphatic carbocycles. The zero-order chi connectivity index (χ0) is 19.9. The zero-order valence-electron chi connectivity index (χ0n) is 15.5. The van der Waals surface area contributed by atoms with E-state index in [4.69, 9.17) is 14.7 Å². The van der Waals surface area contributed by atoms with Gasteiger partial charge in [-0.25, -0.2) is 5.48 Å². The third-order valence-corrected chi connectivity index (χ3v) is 4.53. The summed E-state index contributed by atoms with van der Waals surface area (Å²) in [6.45, 7) is 0.306. The Balaban J connectivity index is 1.63. The van der Waals surface area contributed by atoms with E-state index in [2.05, 4.69) is 5.32 Å². The minimum absolute atomic E-state index is 0.00699. The summed E-state index contributed by atoms with van der Waals surface area (Å²) in [5.41, 5.74) is 4.52. The van der Waals surface area contributed by atoms with Gasteiger partial charge in [0.15, 0.2) is 12.4 Å². The SMILES string of the molecule is COc1ccc(/C=C/C(=O)C2Cc3cc(OCC(=O)NO)ccc3CN2)cc1. The van der Waals surface area contributed by atoms with Crippen molar-refractivity contribution in [2.45, 2.75) is 19.0 Å². The monoisotopic (exact) mass is 382 g/mol. The first kappa shape index (κ1) is 19.6. The van der Waals surface area contributed by atoms with Crippen LogP contribution in [0.3, 0.4) is 0 Å². The number of fused-ring (bicyclic) bond motifs is 1. The van der Waals surface area contributed by atoms with Crippen molar-refractivity contribution in [3.63, 3.8) is 0 Å². The fourth-order valence-electron chi connectivity index (χ4n) is 2.97. The van der Waals surface area contributed by atoms with E-state index in [1.807, 2.05) is 36.4 Å². The summed E-state index contributed by atoms with van der Waals surface area (Å²) in [5.74, 6) is 0.649. The summed E-state index contributed by atoms with van der Waals surface area (Å²) in [5, 5.41) is 11.8. The van der Waals surface area contributed by atoms with Gasteiger partial charge in [0.1, 0.15) is 11.5 Å². The average molecular weight is 382 g/mol. The molecular weight excluding hydrogens is 360 g/mol. The maximum atomic E-state index is 12.6. The Hall–Kier alpha value is -3.16. The van der Waals surface area contributed by atoms with Gasteiger partial charge in [0.2, 0.25) is 0 Å². The van der Waals surface area contributed by atoms with Crippen LogP contribution in [0.15, 0.2) is 48.5 Å². The highest BCUT2D eigenvalue weighted by Gasteiger charge is 2.23. The van der Waals surface area contributed by atoms with Gasteiger partial charge >= 0.3 is 0 Å². The van der Waals surface area contributed by atoms with Crippen LogP contribution in [-0.2, 0) is 22.6 Å². The second kappa shape index (κ2) is 9.16. The highest BCUT2D eigenvalue weighted by molar-refractivity contribution is 5.98. The maximum absolute atomic E-state index is 12.6. The lowest BCUT2D eigenvalue weighted by molar-refractivity contribution is -0.131. The molecule has 2 aromatic rings. The molecule has 0 radical (unpaired) electrons. The normalized spacial score (nSPS) is 15.7. The van der Waals surface area contributed by atoms with Gasteiger partial charge in [-0.3, -0.25) is 14.8 Å². The van der Waals surface area contributed by atoms with E-state index in [1.165, 1.54) is 5.48 Å². The lowest BCUT2D eigenvalue weighted by atomic mass is 9.93. The molecule has 1 unspecified atom stereocenters. The van der Waals surface area contributed by atoms with Crippen molar-refractivity contribution < 1.29 is 24.3 Å². The Morgan fingerprint density at radius 1 is 1.18 bits per heavy atom. The van der Waals surface area contributed by atoms with Crippen molar-refractivity contribution in [2.24, 2.45) is 0 Å². The molecule has 0 aromatic heterocycles. The number of hydrogen-bond acceptors (Lipinski definition) is 6. The van der Waals surface area contributed by atoms with Crippen LogP contribution < -0.4 is 20.3 Å². The van der Waals surface area contributed by atoms with Gasteiger partial charge in [-0.1, -0.05) is 24.3 Å². The molecule has 1 amide bonds. The molecule has 1 aliphatic heterocycles. The smallest absolute Gasteiger partial charge is 0.281 e. The third-order valence-electron chi connectivity index (χ3n) is 4.53. The minimum Gasteiger partial charge on any atom is -0.497 e. The van der Waals surface area contributed by atoms with Crippen LogP contribution in [0.25, 0.3) is 6.08 Å². The van der Waals surface area contributed by atoms with Crippen molar-refractivity contribution in [1.29, 1.82) is 0 Å². The second-order valence-corrected chi connectivity index (χ2v) is 6.40. The summed E-state index contributed by atoms with van der Waals surface area (Å²) < 4.78 is 10.5. The topological polar surface area (TPSA) is 96.9 Å². The number of benzene rings is 2. The molecule has 3 N–H and O–H groups in total. The van der Waals surface area contributed by atoms with Crippen molar-refractivity contribution in [3.8, 4) is 11.5 Å². The highest BCUT2D eigenvalue weighted by Crippen LogP contribution is 2.23. The van der Waals surface area contributed by atoms with Crippen molar-refractivity contribution in [1.82, 2.24) is 10.8 Å². The predicted molar refractivity (Wildman–Crippen MR) is 103 cm³/mol. The Bertz CT molecular complexity index is 877. The van der Waals surface area contributed by atoms with E-state index in [-0.39, 0.29) is 18.4 Å². The molecule has 0 spiro atoms. The van der Waals surface area contributed by atoms with E-state index in [0.29, 0.717) is 18.7 Å². The standard InChI is InChI=1S/C21H22N2O5/c1-27-17-6-2-14(3-7-17)4-9-20(24)19-11-16-10-18(28-13-21(25)23-26)8-5-15(16)12-22-19/h2-10,19,22,26H,11-13H2,1H3,(H,23,25)/b9-4+. The van der Waals surface area contributed by atoms with Crippen LogP contribution in [0.1, 0.15) is 16.7 Å². The van der Waals surface area contributed by atoms with Crippen LogP contribution >= 0.6 is 0 Å². The number of nitrogens with one attached hydrogen (secondary N) is 2. The second-order valence-electron chi connectivity index (χ2n) is 6.40. The van der Waals surface area contributed by atoms with Gasteiger partial charge < -0.3 is 14.8 Å². The van der Waals surface area contributed by atoms with Gasteiger partial charge in [0, 0.05) is 6.54 Å². The van der Waals surface area contributed by atoms with Gasteiger partial charge in [-0.05, 0) is 53.5 Å². The molecule has 0 bridgehead atoms. The number of ketones is 1. The number of carbonyl (C=O) groups excluding carboxylic acids is 2. The molecule has 146 valence electrons. The number of amides is 1. The van der Waals surface area contributed by atoms with Crippen LogP contribution in [0.5, 0.6) is 11.5 Å². The summed E-state index contributed by atoms with van der Waals surface area (Å²) in [6.07, 6.45) is 3.90. The summed E-state index contributed by atoms with van der Waals surface area (Å²) in [4.78, 5) is 23.6. The molecule has 0 fully saturated rings. The van der Waals surface area contributed by atoms with Crippen molar-refractivity contribution in [3.05, 3.63) is 65.2 Å². The Labute approximate surface area is 162 Å². The van der Waals surface area contributed by atoms with Crippen molar-refractivity contribution >= 4 is 17.8 Å². The van der Waals surface area contributed by atoms with Crippen LogP contribution in [0.2, 0.25) is 0 Å². The first-order valence-corrected chi connectivity index (χ1v) is 8.86. The van der Waals surface area contributed by atoms with E-state index in [1.54, 1.807) is 25.3 Å². The molecule has 7 heteroatoms. The lowest BCUT2D eigenvalue weighted by Crippen LogP contribution is -2.41. The van der Waals surface area contributed by atoms with Gasteiger partial charge in [0.25, 0.3) is 5.91 Å². The van der Waals surface area contributed by atoms with E-state index >= 15 is 0 Å². The zero-order valence-corrected chi connectivity index (χ0v) is 15.5. The quantitative estimate of drug-likeness (QED) is 0.384. The third kappa shape index (κ3) is 4.97. The summed E-state index contributed by atoms with van der Waals surface area (Å²) in [6, 6.07) is 12.6. The average Bonchev–Trinajstić information content (AvgIpc) is 2.75. The van der Waals surface area contributed by atoms with E-state index in [9.17, 15) is 9.59 Å². The number of rotatable bonds is 7. The van der Waals surface area contributed by atoms with Gasteiger partial charge in [0.05, 0.1) is 13.2 Å². The number of hydroxylamine groups is 1. The number of ether oxygens (including phenoxy) is 2. The number of hydrogen-bond donors (Lipinski definition) is 3. The minimum atomic E-state index is -0.629. The Kier molecular flexibility index (Phi) is 6.41. The molecule has 1 heterocycles. The van der Waals surface area contributed by atoms with Gasteiger partial charge in [-0.2, -0.15) is 0 Å². The fraction of sp³-hybridized carbons (Fsp3) is 0.238. The number of methoxy groups -OCH3 is 1. The fourth-order valence-corrected chi connectivity index (χ4v) is 2.97. The van der Waals surface area contributed by atoms with E-state index < -0.39 is 5.91 Å². The van der Waals surface area contributed by atoms with E-state index in [0.717, 1.165) is 22.4 Å². The highest BCUT2D eigenvalue weighted by atomic mass is 16.5. The molecule has 2 aromatic carbocycles. The molecular formula is C21H22N2O5. The Morgan fingerprint density at radius 3 is 2.64 bits per heavy atom. The Morgan fingerprint density at radius 2 is 1.93 bits per heavy atom. The molecule has 3 rings (SSSR count).